The van der Waals surface area contributed by atoms with Gasteiger partial charge in [0, 0.05) is 36.5 Å². The van der Waals surface area contributed by atoms with Crippen LogP contribution in [0.25, 0.3) is 22.3 Å². The number of halogens is 1. The number of aliphatic hydroxyl groups is 1. The number of nitrogens with zero attached hydrogens (tertiary/aromatic N) is 3. The smallest absolute Gasteiger partial charge is 0.255 e. The Morgan fingerprint density at radius 1 is 1.21 bits per heavy atom. The van der Waals surface area contributed by atoms with Crippen LogP contribution in [0.4, 0.5) is 4.39 Å². The van der Waals surface area contributed by atoms with Crippen molar-refractivity contribution in [3.63, 3.8) is 0 Å². The molecule has 1 aliphatic carbocycles. The molecule has 0 radical (unpaired) electrons. The van der Waals surface area contributed by atoms with E-state index in [9.17, 15) is 19.1 Å². The summed E-state index contributed by atoms with van der Waals surface area (Å²) in [7, 11) is 1.40. The second-order valence-corrected chi connectivity index (χ2v) is 10.1. The second-order valence-electron chi connectivity index (χ2n) is 10.1. The van der Waals surface area contributed by atoms with Gasteiger partial charge in [-0.1, -0.05) is 0 Å². The number of H-pyrrole nitrogens is 1. The predicted octanol–water partition coefficient (Wildman–Crippen LogP) is 2.97. The first-order valence-corrected chi connectivity index (χ1v) is 12.9. The zero-order valence-electron chi connectivity index (χ0n) is 21.7. The molecule has 1 atom stereocenters. The molecule has 1 aromatic carbocycles. The van der Waals surface area contributed by atoms with Gasteiger partial charge in [-0.05, 0) is 51.5 Å². The van der Waals surface area contributed by atoms with Crippen molar-refractivity contribution in [1.29, 1.82) is 0 Å². The topological polar surface area (TPSA) is 130 Å². The first-order valence-electron chi connectivity index (χ1n) is 12.9. The highest BCUT2D eigenvalue weighted by Crippen LogP contribution is 2.39. The van der Waals surface area contributed by atoms with Crippen LogP contribution in [0, 0.1) is 18.7 Å². The van der Waals surface area contributed by atoms with Crippen LogP contribution < -0.4 is 14.8 Å². The third kappa shape index (κ3) is 5.15. The number of aromatic nitrogens is 3. The van der Waals surface area contributed by atoms with Gasteiger partial charge in [0.05, 0.1) is 24.8 Å². The molecule has 11 heteroatoms. The third-order valence-corrected chi connectivity index (χ3v) is 7.18. The molecule has 1 saturated heterocycles. The highest BCUT2D eigenvalue weighted by Gasteiger charge is 2.29. The highest BCUT2D eigenvalue weighted by atomic mass is 19.1. The van der Waals surface area contributed by atoms with E-state index in [1.54, 1.807) is 17.9 Å². The Kier molecular flexibility index (Phi) is 7.20. The lowest BCUT2D eigenvalue weighted by Gasteiger charge is -2.33. The summed E-state index contributed by atoms with van der Waals surface area (Å²) in [6.07, 6.45) is 3.70. The summed E-state index contributed by atoms with van der Waals surface area (Å²) < 4.78 is 25.8. The van der Waals surface area contributed by atoms with Crippen LogP contribution in [0.5, 0.6) is 11.5 Å². The average Bonchev–Trinajstić information content (AvgIpc) is 3.67. The Labute approximate surface area is 219 Å². The molecule has 2 aromatic heterocycles. The monoisotopic (exact) mass is 525 g/mol. The molecule has 2 fully saturated rings. The number of fused-ring (bicyclic) bond motifs is 1. The van der Waals surface area contributed by atoms with E-state index in [-0.39, 0.29) is 23.6 Å². The Balaban J connectivity index is 1.42. The fourth-order valence-electron chi connectivity index (χ4n) is 4.86. The molecular formula is C27H32FN5O5. The maximum atomic E-state index is 14.6. The van der Waals surface area contributed by atoms with Crippen molar-refractivity contribution in [2.24, 2.45) is 5.92 Å². The minimum Gasteiger partial charge on any atom is -0.494 e. The number of aryl methyl sites for hydroxylation is 1. The van der Waals surface area contributed by atoms with Gasteiger partial charge in [0.15, 0.2) is 11.6 Å². The Bertz CT molecular complexity index is 1360. The number of benzene rings is 1. The van der Waals surface area contributed by atoms with Crippen LogP contribution in [0.15, 0.2) is 18.5 Å². The number of hydrogen-bond donors (Lipinski definition) is 3. The molecule has 3 heterocycles. The normalized spacial score (nSPS) is 16.9. The number of carbonyl (C=O) groups is 2. The van der Waals surface area contributed by atoms with Gasteiger partial charge in [0.2, 0.25) is 0 Å². The number of nitrogens with one attached hydrogen (secondary N) is 2. The van der Waals surface area contributed by atoms with Crippen molar-refractivity contribution < 1.29 is 28.6 Å². The van der Waals surface area contributed by atoms with E-state index < -0.39 is 11.9 Å². The number of hydrogen-bond acceptors (Lipinski definition) is 7. The first kappa shape index (κ1) is 25.9. The minimum absolute atomic E-state index is 0.0622. The fraction of sp³-hybridized carbons (Fsp3) is 0.481. The second kappa shape index (κ2) is 10.6. The maximum Gasteiger partial charge on any atom is 0.255 e. The Morgan fingerprint density at radius 2 is 1.95 bits per heavy atom. The number of rotatable bonds is 8. The van der Waals surface area contributed by atoms with Gasteiger partial charge in [0.1, 0.15) is 29.4 Å². The van der Waals surface area contributed by atoms with Crippen molar-refractivity contribution in [3.8, 4) is 22.8 Å². The van der Waals surface area contributed by atoms with Gasteiger partial charge in [-0.25, -0.2) is 14.4 Å². The number of ether oxygens (including phenoxy) is 2. The molecule has 1 unspecified atom stereocenters. The molecule has 3 N–H and O–H groups in total. The molecular weight excluding hydrogens is 493 g/mol. The van der Waals surface area contributed by atoms with Gasteiger partial charge < -0.3 is 29.8 Å². The van der Waals surface area contributed by atoms with E-state index in [0.29, 0.717) is 77.8 Å². The van der Waals surface area contributed by atoms with Crippen molar-refractivity contribution >= 4 is 22.8 Å². The summed E-state index contributed by atoms with van der Waals surface area (Å²) in [5.74, 6) is -0.223. The van der Waals surface area contributed by atoms with Gasteiger partial charge >= 0.3 is 0 Å². The van der Waals surface area contributed by atoms with E-state index in [1.807, 2.05) is 0 Å². The Hall–Kier alpha value is -3.73. The van der Waals surface area contributed by atoms with Crippen LogP contribution in [0.3, 0.4) is 0 Å². The third-order valence-electron chi connectivity index (χ3n) is 7.18. The molecule has 1 saturated carbocycles. The first-order chi connectivity index (χ1) is 18.3. The van der Waals surface area contributed by atoms with E-state index in [0.717, 1.165) is 12.8 Å². The molecule has 5 rings (SSSR count). The fourth-order valence-corrected chi connectivity index (χ4v) is 4.86. The summed E-state index contributed by atoms with van der Waals surface area (Å²) in [5, 5.41) is 12.6. The van der Waals surface area contributed by atoms with E-state index in [2.05, 4.69) is 20.3 Å². The Morgan fingerprint density at radius 3 is 2.61 bits per heavy atom. The molecule has 3 aromatic rings. The van der Waals surface area contributed by atoms with Crippen LogP contribution in [-0.2, 0) is 4.79 Å². The lowest BCUT2D eigenvalue weighted by Crippen LogP contribution is -2.48. The van der Waals surface area contributed by atoms with Crippen LogP contribution in [-0.4, -0.2) is 75.7 Å². The molecule has 1 aliphatic heterocycles. The predicted molar refractivity (Wildman–Crippen MR) is 138 cm³/mol. The maximum absolute atomic E-state index is 14.6. The molecule has 2 amide bonds. The molecule has 2 aliphatic rings. The lowest BCUT2D eigenvalue weighted by molar-refractivity contribution is -0.140. The summed E-state index contributed by atoms with van der Waals surface area (Å²) in [6.45, 7) is 4.66. The number of aliphatic hydroxyl groups excluding tert-OH is 1. The van der Waals surface area contributed by atoms with Gasteiger partial charge in [-0.2, -0.15) is 0 Å². The van der Waals surface area contributed by atoms with Gasteiger partial charge in [-0.3, -0.25) is 9.59 Å². The highest BCUT2D eigenvalue weighted by molar-refractivity contribution is 6.09. The molecule has 10 nitrogen and oxygen atoms in total. The van der Waals surface area contributed by atoms with Crippen LogP contribution in [0.2, 0.25) is 0 Å². The molecule has 38 heavy (non-hydrogen) atoms. The SMILES string of the molecule is COc1cc(-c2ncnc3c(C(=O)NC4CCN(C(=O)C(C)O)CC4)c(C)[nH]c23)c(OCC2CC2)cc1F. The van der Waals surface area contributed by atoms with Crippen LogP contribution >= 0.6 is 0 Å². The van der Waals surface area contributed by atoms with Crippen molar-refractivity contribution in [3.05, 3.63) is 35.5 Å². The standard InChI is InChI=1S/C27H32FN5O5/c1-14-22(26(35)32-17-6-8-33(9-7-17)27(36)15(2)34)24-25(31-14)23(29-13-30-24)18-10-21(37-3)19(28)11-20(18)38-12-16-4-5-16/h10-11,13,15-17,31,34H,4-9,12H2,1-3H3,(H,32,35). The summed E-state index contributed by atoms with van der Waals surface area (Å²) in [6, 6.07) is 2.75. The van der Waals surface area contributed by atoms with Crippen molar-refractivity contribution in [2.45, 2.75) is 51.7 Å². The average molecular weight is 526 g/mol. The molecule has 202 valence electrons. The van der Waals surface area contributed by atoms with E-state index >= 15 is 0 Å². The summed E-state index contributed by atoms with van der Waals surface area (Å²) >= 11 is 0. The zero-order chi connectivity index (χ0) is 27.0. The lowest BCUT2D eigenvalue weighted by atomic mass is 10.0. The number of aromatic amines is 1. The number of methoxy groups -OCH3 is 1. The van der Waals surface area contributed by atoms with Gasteiger partial charge in [0.25, 0.3) is 11.8 Å². The number of carbonyl (C=O) groups excluding carboxylic acids is 2. The molecule has 0 spiro atoms. The van der Waals surface area contributed by atoms with E-state index in [1.165, 1.54) is 26.4 Å². The summed E-state index contributed by atoms with van der Waals surface area (Å²) in [4.78, 5) is 39.1. The number of likely N-dealkylation sites (tertiary alicyclic amines) is 1. The summed E-state index contributed by atoms with van der Waals surface area (Å²) in [5.41, 5.74) is 3.03. The number of piperidine rings is 1. The number of amides is 2. The zero-order valence-corrected chi connectivity index (χ0v) is 21.7. The van der Waals surface area contributed by atoms with Crippen molar-refractivity contribution in [2.75, 3.05) is 26.8 Å². The van der Waals surface area contributed by atoms with Gasteiger partial charge in [-0.15, -0.1) is 0 Å². The van der Waals surface area contributed by atoms with E-state index in [4.69, 9.17) is 9.47 Å². The quantitative estimate of drug-likeness (QED) is 0.412. The molecule has 0 bridgehead atoms. The van der Waals surface area contributed by atoms with Crippen molar-refractivity contribution in [1.82, 2.24) is 25.2 Å². The largest absolute Gasteiger partial charge is 0.494 e. The minimum atomic E-state index is -1.04. The van der Waals surface area contributed by atoms with Crippen LogP contribution in [0.1, 0.15) is 48.7 Å².